The van der Waals surface area contributed by atoms with Crippen molar-refractivity contribution in [1.29, 1.82) is 0 Å². The van der Waals surface area contributed by atoms with Crippen LogP contribution in [0.3, 0.4) is 0 Å². The summed E-state index contributed by atoms with van der Waals surface area (Å²) in [5.41, 5.74) is 4.07. The molecule has 3 nitrogen and oxygen atoms in total. The Labute approximate surface area is 197 Å². The van der Waals surface area contributed by atoms with E-state index in [0.717, 1.165) is 37.0 Å². The first-order valence-electron chi connectivity index (χ1n) is 11.5. The molecule has 0 atom stereocenters. The zero-order valence-corrected chi connectivity index (χ0v) is 19.5. The Morgan fingerprint density at radius 1 is 0.667 bits per heavy atom. The monoisotopic (exact) mass is 440 g/mol. The third-order valence-electron chi connectivity index (χ3n) is 5.32. The number of benzene rings is 3. The largest absolute Gasteiger partial charge is 0.489 e. The first-order valence-corrected chi connectivity index (χ1v) is 11.5. The van der Waals surface area contributed by atoms with E-state index in [-0.39, 0.29) is 5.97 Å². The van der Waals surface area contributed by atoms with Crippen LogP contribution in [-0.4, -0.2) is 5.97 Å². The molecule has 33 heavy (non-hydrogen) atoms. The normalized spacial score (nSPS) is 11.2. The van der Waals surface area contributed by atoms with E-state index in [2.05, 4.69) is 30.4 Å². The van der Waals surface area contributed by atoms with Gasteiger partial charge in [-0.3, -0.25) is 0 Å². The lowest BCUT2D eigenvalue weighted by atomic mass is 10.1. The van der Waals surface area contributed by atoms with Gasteiger partial charge in [-0.2, -0.15) is 0 Å². The standard InChI is InChI=1S/C30H32O3/c1-3-5-7-9-24-11-17-27(18-12-24)30(31)33-29-21-15-26(16-22-29)23-32-28-19-13-25(14-20-28)10-8-6-4-2/h3-6,11-22H,7-10,23H2,1-2H3/b5-3+,6-4+. The zero-order chi connectivity index (χ0) is 23.3. The molecule has 0 saturated carbocycles. The van der Waals surface area contributed by atoms with E-state index in [1.54, 1.807) is 12.1 Å². The van der Waals surface area contributed by atoms with Gasteiger partial charge in [0.2, 0.25) is 0 Å². The summed E-state index contributed by atoms with van der Waals surface area (Å²) in [6.07, 6.45) is 12.5. The molecule has 3 aromatic rings. The average Bonchev–Trinajstić information content (AvgIpc) is 2.85. The Morgan fingerprint density at radius 2 is 1.15 bits per heavy atom. The molecule has 0 aromatic heterocycles. The van der Waals surface area contributed by atoms with Crippen LogP contribution in [0.1, 0.15) is 53.7 Å². The molecule has 3 rings (SSSR count). The molecule has 3 heteroatoms. The van der Waals surface area contributed by atoms with Crippen LogP contribution in [0.15, 0.2) is 97.1 Å². The van der Waals surface area contributed by atoms with Crippen molar-refractivity contribution in [2.75, 3.05) is 0 Å². The molecule has 0 aliphatic heterocycles. The predicted molar refractivity (Wildman–Crippen MR) is 135 cm³/mol. The molecule has 0 N–H and O–H groups in total. The van der Waals surface area contributed by atoms with E-state index >= 15 is 0 Å². The minimum atomic E-state index is -0.353. The Kier molecular flexibility index (Phi) is 9.53. The number of hydrogen-bond acceptors (Lipinski definition) is 3. The number of esters is 1. The second-order valence-electron chi connectivity index (χ2n) is 7.88. The van der Waals surface area contributed by atoms with Gasteiger partial charge in [-0.15, -0.1) is 0 Å². The summed E-state index contributed by atoms with van der Waals surface area (Å²) in [7, 11) is 0. The summed E-state index contributed by atoms with van der Waals surface area (Å²) < 4.78 is 11.4. The molecular weight excluding hydrogens is 408 g/mol. The minimum absolute atomic E-state index is 0.353. The van der Waals surface area contributed by atoms with E-state index in [1.807, 2.05) is 68.5 Å². The summed E-state index contributed by atoms with van der Waals surface area (Å²) in [5.74, 6) is 1.01. The number of allylic oxidation sites excluding steroid dienone is 4. The van der Waals surface area contributed by atoms with Gasteiger partial charge in [0.05, 0.1) is 5.56 Å². The van der Waals surface area contributed by atoms with Gasteiger partial charge in [0.25, 0.3) is 0 Å². The summed E-state index contributed by atoms with van der Waals surface area (Å²) >= 11 is 0. The van der Waals surface area contributed by atoms with Crippen molar-refractivity contribution in [2.24, 2.45) is 0 Å². The lowest BCUT2D eigenvalue weighted by molar-refractivity contribution is 0.0734. The Morgan fingerprint density at radius 3 is 1.70 bits per heavy atom. The van der Waals surface area contributed by atoms with E-state index in [4.69, 9.17) is 9.47 Å². The summed E-state index contributed by atoms with van der Waals surface area (Å²) in [4.78, 5) is 12.4. The van der Waals surface area contributed by atoms with Crippen molar-refractivity contribution in [2.45, 2.75) is 46.1 Å². The maximum absolute atomic E-state index is 12.4. The molecule has 0 radical (unpaired) electrons. The first kappa shape index (κ1) is 24.1. The number of carbonyl (C=O) groups excluding carboxylic acids is 1. The molecule has 3 aromatic carbocycles. The van der Waals surface area contributed by atoms with Gasteiger partial charge < -0.3 is 9.47 Å². The fourth-order valence-electron chi connectivity index (χ4n) is 3.38. The van der Waals surface area contributed by atoms with E-state index in [9.17, 15) is 4.79 Å². The number of aryl methyl sites for hydroxylation is 2. The molecular formula is C30H32O3. The average molecular weight is 441 g/mol. The van der Waals surface area contributed by atoms with Crippen LogP contribution in [0.5, 0.6) is 11.5 Å². The highest BCUT2D eigenvalue weighted by atomic mass is 16.5. The lowest BCUT2D eigenvalue weighted by Gasteiger charge is -2.09. The topological polar surface area (TPSA) is 35.5 Å². The van der Waals surface area contributed by atoms with Gasteiger partial charge in [-0.25, -0.2) is 4.79 Å². The molecule has 0 amide bonds. The summed E-state index contributed by atoms with van der Waals surface area (Å²) in [5, 5.41) is 0. The van der Waals surface area contributed by atoms with Crippen molar-refractivity contribution in [3.63, 3.8) is 0 Å². The number of ether oxygens (including phenoxy) is 2. The van der Waals surface area contributed by atoms with Crippen LogP contribution >= 0.6 is 0 Å². The molecule has 0 heterocycles. The minimum Gasteiger partial charge on any atom is -0.489 e. The summed E-state index contributed by atoms with van der Waals surface area (Å²) in [6, 6.07) is 23.3. The van der Waals surface area contributed by atoms with Crippen molar-refractivity contribution in [3.8, 4) is 11.5 Å². The van der Waals surface area contributed by atoms with E-state index in [1.165, 1.54) is 11.1 Å². The smallest absolute Gasteiger partial charge is 0.343 e. The SMILES string of the molecule is C/C=C/CCc1ccc(OCc2ccc(OC(=O)c3ccc(CC/C=C/C)cc3)cc2)cc1. The second kappa shape index (κ2) is 13.1. The quantitative estimate of drug-likeness (QED) is 0.176. The first-order chi connectivity index (χ1) is 16.2. The Balaban J connectivity index is 1.47. The van der Waals surface area contributed by atoms with E-state index in [0.29, 0.717) is 17.9 Å². The maximum atomic E-state index is 12.4. The van der Waals surface area contributed by atoms with Gasteiger partial charge in [-0.1, -0.05) is 60.7 Å². The molecule has 0 fully saturated rings. The molecule has 0 saturated heterocycles. The van der Waals surface area contributed by atoms with Crippen LogP contribution in [-0.2, 0) is 19.4 Å². The van der Waals surface area contributed by atoms with Crippen molar-refractivity contribution < 1.29 is 14.3 Å². The molecule has 170 valence electrons. The molecule has 0 unspecified atom stereocenters. The van der Waals surface area contributed by atoms with Crippen molar-refractivity contribution >= 4 is 5.97 Å². The van der Waals surface area contributed by atoms with Crippen LogP contribution < -0.4 is 9.47 Å². The Hall–Kier alpha value is -3.59. The maximum Gasteiger partial charge on any atom is 0.343 e. The Bertz CT molecular complexity index is 1040. The van der Waals surface area contributed by atoms with Gasteiger partial charge in [0.1, 0.15) is 18.1 Å². The number of carbonyl (C=O) groups is 1. The highest BCUT2D eigenvalue weighted by Gasteiger charge is 2.09. The fraction of sp³-hybridized carbons (Fsp3) is 0.233. The lowest BCUT2D eigenvalue weighted by Crippen LogP contribution is -2.08. The highest BCUT2D eigenvalue weighted by molar-refractivity contribution is 5.91. The predicted octanol–water partition coefficient (Wildman–Crippen LogP) is 7.50. The van der Waals surface area contributed by atoms with Gasteiger partial charge in [0, 0.05) is 0 Å². The van der Waals surface area contributed by atoms with Crippen molar-refractivity contribution in [1.82, 2.24) is 0 Å². The van der Waals surface area contributed by atoms with Crippen LogP contribution in [0.2, 0.25) is 0 Å². The highest BCUT2D eigenvalue weighted by Crippen LogP contribution is 2.18. The summed E-state index contributed by atoms with van der Waals surface area (Å²) in [6.45, 7) is 4.52. The second-order valence-corrected chi connectivity index (χ2v) is 7.88. The number of hydrogen-bond donors (Lipinski definition) is 0. The molecule has 0 aliphatic rings. The number of rotatable bonds is 11. The molecule has 0 spiro atoms. The zero-order valence-electron chi connectivity index (χ0n) is 19.5. The molecule has 0 aliphatic carbocycles. The molecule has 0 bridgehead atoms. The third-order valence-corrected chi connectivity index (χ3v) is 5.32. The van der Waals surface area contributed by atoms with Crippen LogP contribution in [0, 0.1) is 0 Å². The third kappa shape index (κ3) is 8.12. The van der Waals surface area contributed by atoms with Crippen LogP contribution in [0.4, 0.5) is 0 Å². The van der Waals surface area contributed by atoms with E-state index < -0.39 is 0 Å². The van der Waals surface area contributed by atoms with Crippen LogP contribution in [0.25, 0.3) is 0 Å². The van der Waals surface area contributed by atoms with Gasteiger partial charge in [-0.05, 0) is 92.6 Å². The van der Waals surface area contributed by atoms with Gasteiger partial charge in [0.15, 0.2) is 0 Å². The van der Waals surface area contributed by atoms with Crippen molar-refractivity contribution in [3.05, 3.63) is 119 Å². The fourth-order valence-corrected chi connectivity index (χ4v) is 3.38. The van der Waals surface area contributed by atoms with Gasteiger partial charge >= 0.3 is 5.97 Å².